The summed E-state index contributed by atoms with van der Waals surface area (Å²) >= 11 is 0. The molecule has 0 aliphatic carbocycles. The van der Waals surface area contributed by atoms with Crippen LogP contribution in [0.25, 0.3) is 0 Å². The first-order chi connectivity index (χ1) is 14.1. The molecule has 1 amide bonds. The first-order valence-corrected chi connectivity index (χ1v) is 9.59. The fraction of sp³-hybridized carbons (Fsp3) is 0.381. The minimum absolute atomic E-state index is 0.0541. The van der Waals surface area contributed by atoms with Crippen molar-refractivity contribution in [3.63, 3.8) is 0 Å². The molecule has 8 heteroatoms. The van der Waals surface area contributed by atoms with Gasteiger partial charge in [0.05, 0.1) is 18.1 Å². The van der Waals surface area contributed by atoms with Gasteiger partial charge in [-0.05, 0) is 49.7 Å². The van der Waals surface area contributed by atoms with Crippen LogP contribution >= 0.6 is 0 Å². The molecule has 3 rings (SSSR count). The van der Waals surface area contributed by atoms with Crippen molar-refractivity contribution in [1.29, 1.82) is 0 Å². The van der Waals surface area contributed by atoms with Gasteiger partial charge in [0, 0.05) is 12.6 Å². The summed E-state index contributed by atoms with van der Waals surface area (Å²) in [6.45, 7) is 2.13. The van der Waals surface area contributed by atoms with Crippen LogP contribution < -0.4 is 14.8 Å². The van der Waals surface area contributed by atoms with E-state index in [2.05, 4.69) is 10.2 Å². The summed E-state index contributed by atoms with van der Waals surface area (Å²) in [6, 6.07) is 13.9. The molecule has 1 aliphatic rings. The molecule has 0 radical (unpaired) electrons. The van der Waals surface area contributed by atoms with E-state index < -0.39 is 4.92 Å². The topological polar surface area (TPSA) is 93.9 Å². The van der Waals surface area contributed by atoms with Crippen molar-refractivity contribution in [2.24, 2.45) is 0 Å². The van der Waals surface area contributed by atoms with Crippen LogP contribution in [0.1, 0.15) is 24.4 Å². The molecule has 2 aromatic carbocycles. The average Bonchev–Trinajstić information content (AvgIpc) is 3.27. The number of nitrogens with one attached hydrogen (secondary N) is 1. The van der Waals surface area contributed by atoms with E-state index in [0.717, 1.165) is 37.2 Å². The minimum Gasteiger partial charge on any atom is -0.497 e. The second-order valence-corrected chi connectivity index (χ2v) is 6.85. The smallest absolute Gasteiger partial charge is 0.310 e. The number of hydrogen-bond acceptors (Lipinski definition) is 6. The van der Waals surface area contributed by atoms with Crippen molar-refractivity contribution in [2.45, 2.75) is 18.9 Å². The first-order valence-electron chi connectivity index (χ1n) is 9.59. The average molecular weight is 399 g/mol. The number of rotatable bonds is 9. The Morgan fingerprint density at radius 3 is 2.52 bits per heavy atom. The summed E-state index contributed by atoms with van der Waals surface area (Å²) in [7, 11) is 1.63. The highest BCUT2D eigenvalue weighted by Crippen LogP contribution is 2.27. The number of nitro benzene ring substituents is 1. The number of amides is 1. The Morgan fingerprint density at radius 2 is 1.86 bits per heavy atom. The summed E-state index contributed by atoms with van der Waals surface area (Å²) < 4.78 is 10.6. The van der Waals surface area contributed by atoms with Gasteiger partial charge in [-0.1, -0.05) is 24.3 Å². The predicted molar refractivity (Wildman–Crippen MR) is 108 cm³/mol. The van der Waals surface area contributed by atoms with Crippen molar-refractivity contribution in [3.05, 3.63) is 64.2 Å². The number of likely N-dealkylation sites (tertiary alicyclic amines) is 1. The van der Waals surface area contributed by atoms with Crippen LogP contribution in [-0.4, -0.2) is 49.1 Å². The fourth-order valence-electron chi connectivity index (χ4n) is 3.47. The van der Waals surface area contributed by atoms with Crippen LogP contribution in [-0.2, 0) is 4.79 Å². The van der Waals surface area contributed by atoms with E-state index in [-0.39, 0.29) is 30.0 Å². The molecule has 1 aliphatic heterocycles. The zero-order valence-electron chi connectivity index (χ0n) is 16.4. The molecule has 1 heterocycles. The van der Waals surface area contributed by atoms with Crippen LogP contribution in [0, 0.1) is 10.1 Å². The monoisotopic (exact) mass is 399 g/mol. The normalized spacial score (nSPS) is 14.9. The number of para-hydroxylation sites is 2. The third-order valence-electron chi connectivity index (χ3n) is 5.00. The number of ether oxygens (including phenoxy) is 2. The Kier molecular flexibility index (Phi) is 7.02. The number of carbonyl (C=O) groups excluding carboxylic acids is 1. The number of hydrogen-bond donors (Lipinski definition) is 1. The molecule has 1 saturated heterocycles. The Morgan fingerprint density at radius 1 is 1.17 bits per heavy atom. The molecule has 1 N–H and O–H groups in total. The van der Waals surface area contributed by atoms with Crippen LogP contribution in [0.5, 0.6) is 11.5 Å². The van der Waals surface area contributed by atoms with Gasteiger partial charge in [0.25, 0.3) is 5.91 Å². The van der Waals surface area contributed by atoms with Crippen LogP contribution in [0.4, 0.5) is 5.69 Å². The maximum absolute atomic E-state index is 12.3. The van der Waals surface area contributed by atoms with Crippen LogP contribution in [0.15, 0.2) is 48.5 Å². The van der Waals surface area contributed by atoms with E-state index in [9.17, 15) is 14.9 Å². The SMILES string of the molecule is COc1ccc(C(CNC(=O)COc2ccccc2[N+](=O)[O-])N2CCCC2)cc1. The molecule has 1 fully saturated rings. The largest absolute Gasteiger partial charge is 0.497 e. The zero-order chi connectivity index (χ0) is 20.6. The lowest BCUT2D eigenvalue weighted by Gasteiger charge is -2.28. The maximum atomic E-state index is 12.3. The van der Waals surface area contributed by atoms with Crippen molar-refractivity contribution in [1.82, 2.24) is 10.2 Å². The lowest BCUT2D eigenvalue weighted by molar-refractivity contribution is -0.385. The van der Waals surface area contributed by atoms with Gasteiger partial charge in [-0.25, -0.2) is 0 Å². The molecule has 1 atom stereocenters. The van der Waals surface area contributed by atoms with E-state index >= 15 is 0 Å². The van der Waals surface area contributed by atoms with Crippen LogP contribution in [0.2, 0.25) is 0 Å². The summed E-state index contributed by atoms with van der Waals surface area (Å²) in [5, 5.41) is 13.9. The zero-order valence-corrected chi connectivity index (χ0v) is 16.4. The molecule has 1 unspecified atom stereocenters. The highest BCUT2D eigenvalue weighted by atomic mass is 16.6. The molecule has 0 saturated carbocycles. The molecule has 0 spiro atoms. The highest BCUT2D eigenvalue weighted by molar-refractivity contribution is 5.77. The number of methoxy groups -OCH3 is 1. The van der Waals surface area contributed by atoms with Gasteiger partial charge in [0.2, 0.25) is 0 Å². The van der Waals surface area contributed by atoms with E-state index in [1.165, 1.54) is 12.1 Å². The molecule has 154 valence electrons. The first kappa shape index (κ1) is 20.6. The van der Waals surface area contributed by atoms with Gasteiger partial charge in [0.15, 0.2) is 12.4 Å². The Bertz CT molecular complexity index is 834. The third-order valence-corrected chi connectivity index (χ3v) is 5.00. The van der Waals surface area contributed by atoms with Crippen LogP contribution in [0.3, 0.4) is 0 Å². The second kappa shape index (κ2) is 9.88. The van der Waals surface area contributed by atoms with Crippen molar-refractivity contribution in [3.8, 4) is 11.5 Å². The summed E-state index contributed by atoms with van der Waals surface area (Å²) in [5.41, 5.74) is 0.945. The van der Waals surface area contributed by atoms with E-state index in [1.54, 1.807) is 19.2 Å². The molecule has 0 aromatic heterocycles. The number of nitrogens with zero attached hydrogens (tertiary/aromatic N) is 2. The van der Waals surface area contributed by atoms with Crippen molar-refractivity contribution < 1.29 is 19.2 Å². The van der Waals surface area contributed by atoms with Gasteiger partial charge in [-0.2, -0.15) is 0 Å². The van der Waals surface area contributed by atoms with E-state index in [4.69, 9.17) is 9.47 Å². The quantitative estimate of drug-likeness (QED) is 0.515. The molecular formula is C21H25N3O5. The number of nitro groups is 1. The number of carbonyl (C=O) groups is 1. The molecule has 0 bridgehead atoms. The summed E-state index contributed by atoms with van der Waals surface area (Å²) in [5.74, 6) is 0.551. The minimum atomic E-state index is -0.527. The second-order valence-electron chi connectivity index (χ2n) is 6.85. The lowest BCUT2D eigenvalue weighted by atomic mass is 10.1. The Labute approximate surface area is 169 Å². The standard InChI is InChI=1S/C21H25N3O5/c1-28-17-10-8-16(9-11-17)19(23-12-4-5-13-23)14-22-21(25)15-29-20-7-3-2-6-18(20)24(26)27/h2-3,6-11,19H,4-5,12-15H2,1H3,(H,22,25). The maximum Gasteiger partial charge on any atom is 0.310 e. The fourth-order valence-corrected chi connectivity index (χ4v) is 3.47. The highest BCUT2D eigenvalue weighted by Gasteiger charge is 2.24. The summed E-state index contributed by atoms with van der Waals surface area (Å²) in [6.07, 6.45) is 2.28. The van der Waals surface area contributed by atoms with Gasteiger partial charge in [-0.3, -0.25) is 19.8 Å². The molecule has 8 nitrogen and oxygen atoms in total. The van der Waals surface area contributed by atoms with Gasteiger partial charge in [0.1, 0.15) is 5.75 Å². The van der Waals surface area contributed by atoms with Gasteiger partial charge >= 0.3 is 5.69 Å². The molecule has 29 heavy (non-hydrogen) atoms. The van der Waals surface area contributed by atoms with E-state index in [0.29, 0.717) is 6.54 Å². The predicted octanol–water partition coefficient (Wildman–Crippen LogP) is 2.94. The van der Waals surface area contributed by atoms with Crippen molar-refractivity contribution in [2.75, 3.05) is 33.4 Å². The summed E-state index contributed by atoms with van der Waals surface area (Å²) in [4.78, 5) is 25.2. The Balaban J connectivity index is 1.60. The lowest BCUT2D eigenvalue weighted by Crippen LogP contribution is -2.38. The molecule has 2 aromatic rings. The number of benzene rings is 2. The third kappa shape index (κ3) is 5.45. The van der Waals surface area contributed by atoms with Crippen molar-refractivity contribution >= 4 is 11.6 Å². The molecular weight excluding hydrogens is 374 g/mol. The van der Waals surface area contributed by atoms with E-state index in [1.807, 2.05) is 24.3 Å². The Hall–Kier alpha value is -3.13. The van der Waals surface area contributed by atoms with Gasteiger partial charge in [-0.15, -0.1) is 0 Å². The van der Waals surface area contributed by atoms with Gasteiger partial charge < -0.3 is 14.8 Å².